The zero-order valence-corrected chi connectivity index (χ0v) is 18.6. The molecule has 0 aliphatic heterocycles. The Balaban J connectivity index is 1.58. The van der Waals surface area contributed by atoms with Crippen molar-refractivity contribution in [2.75, 3.05) is 33.8 Å². The Morgan fingerprint density at radius 2 is 1.83 bits per heavy atom. The molecule has 0 heterocycles. The van der Waals surface area contributed by atoms with Crippen molar-refractivity contribution in [3.63, 3.8) is 0 Å². The second-order valence-corrected chi connectivity index (χ2v) is 8.28. The number of amides is 1. The summed E-state index contributed by atoms with van der Waals surface area (Å²) in [4.78, 5) is 16.4. The highest BCUT2D eigenvalue weighted by molar-refractivity contribution is 6.30. The standard InChI is InChI=1S/C23H35ClN2O3/c1-4-16-25(2)17-6-5-7-18-28-21-14-10-20(11-15-21)26(3)23(27)29-22-12-8-19(24)9-13-22/h4,8-9,12-13,20-21H,1,5-7,10-11,14-18H2,2-3H3. The first-order valence-corrected chi connectivity index (χ1v) is 11.0. The first kappa shape index (κ1) is 23.7. The van der Waals surface area contributed by atoms with Crippen LogP contribution in [0.1, 0.15) is 44.9 Å². The minimum Gasteiger partial charge on any atom is -0.410 e. The van der Waals surface area contributed by atoms with Gasteiger partial charge in [0.1, 0.15) is 5.75 Å². The fourth-order valence-corrected chi connectivity index (χ4v) is 3.77. The monoisotopic (exact) mass is 422 g/mol. The van der Waals surface area contributed by atoms with E-state index in [0.29, 0.717) is 16.9 Å². The number of hydrogen-bond acceptors (Lipinski definition) is 4. The lowest BCUT2D eigenvalue weighted by atomic mass is 9.92. The van der Waals surface area contributed by atoms with Crippen LogP contribution in [0.2, 0.25) is 5.02 Å². The van der Waals surface area contributed by atoms with Crippen molar-refractivity contribution < 1.29 is 14.3 Å². The minimum absolute atomic E-state index is 0.204. The van der Waals surface area contributed by atoms with Gasteiger partial charge in [0.15, 0.2) is 0 Å². The van der Waals surface area contributed by atoms with Crippen molar-refractivity contribution in [2.24, 2.45) is 0 Å². The molecular formula is C23H35ClN2O3. The van der Waals surface area contributed by atoms with Crippen molar-refractivity contribution in [1.29, 1.82) is 0 Å². The smallest absolute Gasteiger partial charge is 0.410 e. The number of ether oxygens (including phenoxy) is 2. The first-order valence-electron chi connectivity index (χ1n) is 10.6. The van der Waals surface area contributed by atoms with E-state index >= 15 is 0 Å². The molecule has 0 radical (unpaired) electrons. The van der Waals surface area contributed by atoms with Crippen LogP contribution in [0.4, 0.5) is 4.79 Å². The van der Waals surface area contributed by atoms with Crippen molar-refractivity contribution in [3.05, 3.63) is 41.9 Å². The summed E-state index contributed by atoms with van der Waals surface area (Å²) in [5.74, 6) is 0.513. The molecule has 0 saturated heterocycles. The van der Waals surface area contributed by atoms with Gasteiger partial charge in [0.25, 0.3) is 0 Å². The lowest BCUT2D eigenvalue weighted by molar-refractivity contribution is 0.0104. The van der Waals surface area contributed by atoms with Crippen molar-refractivity contribution in [2.45, 2.75) is 57.1 Å². The summed E-state index contributed by atoms with van der Waals surface area (Å²) >= 11 is 5.86. The second-order valence-electron chi connectivity index (χ2n) is 7.85. The molecule has 0 aromatic heterocycles. The molecule has 0 N–H and O–H groups in total. The van der Waals surface area contributed by atoms with Gasteiger partial charge in [0.05, 0.1) is 6.10 Å². The predicted molar refractivity (Wildman–Crippen MR) is 119 cm³/mol. The molecule has 1 amide bonds. The molecule has 6 heteroatoms. The molecule has 0 unspecified atom stereocenters. The molecule has 1 aliphatic rings. The summed E-state index contributed by atoms with van der Waals surface area (Å²) < 4.78 is 11.5. The number of unbranched alkanes of at least 4 members (excludes halogenated alkanes) is 2. The van der Waals surface area contributed by atoms with Gasteiger partial charge in [-0.05, 0) is 82.8 Å². The lowest BCUT2D eigenvalue weighted by Crippen LogP contribution is -2.42. The highest BCUT2D eigenvalue weighted by Gasteiger charge is 2.27. The van der Waals surface area contributed by atoms with Crippen LogP contribution in [-0.2, 0) is 4.74 Å². The number of carbonyl (C=O) groups excluding carboxylic acids is 1. The van der Waals surface area contributed by atoms with Crippen LogP contribution in [0.5, 0.6) is 5.75 Å². The highest BCUT2D eigenvalue weighted by Crippen LogP contribution is 2.26. The van der Waals surface area contributed by atoms with Crippen molar-refractivity contribution in [3.8, 4) is 5.75 Å². The molecule has 5 nitrogen and oxygen atoms in total. The van der Waals surface area contributed by atoms with Crippen LogP contribution >= 0.6 is 11.6 Å². The third-order valence-corrected chi connectivity index (χ3v) is 5.73. The Morgan fingerprint density at radius 1 is 1.14 bits per heavy atom. The van der Waals surface area contributed by atoms with Crippen LogP contribution in [0.25, 0.3) is 0 Å². The molecule has 0 spiro atoms. The van der Waals surface area contributed by atoms with Gasteiger partial charge >= 0.3 is 6.09 Å². The van der Waals surface area contributed by atoms with Crippen LogP contribution in [0.15, 0.2) is 36.9 Å². The van der Waals surface area contributed by atoms with E-state index in [2.05, 4.69) is 18.5 Å². The van der Waals surface area contributed by atoms with E-state index in [9.17, 15) is 4.79 Å². The largest absolute Gasteiger partial charge is 0.415 e. The Hall–Kier alpha value is -1.56. The molecule has 2 rings (SSSR count). The number of likely N-dealkylation sites (N-methyl/N-ethyl adjacent to an activating group) is 1. The first-order chi connectivity index (χ1) is 14.0. The zero-order valence-electron chi connectivity index (χ0n) is 17.8. The molecule has 1 aromatic rings. The Labute approximate surface area is 180 Å². The predicted octanol–water partition coefficient (Wildman–Crippen LogP) is 5.39. The molecule has 0 atom stereocenters. The number of benzene rings is 1. The van der Waals surface area contributed by atoms with Crippen molar-refractivity contribution >= 4 is 17.7 Å². The normalized spacial score (nSPS) is 19.2. The average molecular weight is 423 g/mol. The SMILES string of the molecule is C=CCN(C)CCCCCOC1CCC(N(C)C(=O)Oc2ccc(Cl)cc2)CC1. The molecule has 29 heavy (non-hydrogen) atoms. The van der Waals surface area contributed by atoms with E-state index in [4.69, 9.17) is 21.1 Å². The minimum atomic E-state index is -0.321. The van der Waals surface area contributed by atoms with Gasteiger partial charge in [-0.15, -0.1) is 6.58 Å². The Kier molecular flexibility index (Phi) is 10.5. The van der Waals surface area contributed by atoms with Gasteiger partial charge < -0.3 is 19.3 Å². The Bertz CT molecular complexity index is 615. The number of hydrogen-bond donors (Lipinski definition) is 0. The number of carbonyl (C=O) groups is 1. The van der Waals surface area contributed by atoms with E-state index in [0.717, 1.165) is 51.8 Å². The van der Waals surface area contributed by atoms with Crippen LogP contribution < -0.4 is 4.74 Å². The quantitative estimate of drug-likeness (QED) is 0.354. The summed E-state index contributed by atoms with van der Waals surface area (Å²) in [7, 11) is 3.94. The maximum atomic E-state index is 12.4. The summed E-state index contributed by atoms with van der Waals surface area (Å²) in [5, 5.41) is 0.622. The maximum absolute atomic E-state index is 12.4. The van der Waals surface area contributed by atoms with Gasteiger partial charge in [-0.2, -0.15) is 0 Å². The van der Waals surface area contributed by atoms with E-state index < -0.39 is 0 Å². The zero-order chi connectivity index (χ0) is 21.1. The highest BCUT2D eigenvalue weighted by atomic mass is 35.5. The summed E-state index contributed by atoms with van der Waals surface area (Å²) in [6, 6.07) is 7.04. The van der Waals surface area contributed by atoms with E-state index in [1.54, 1.807) is 29.2 Å². The maximum Gasteiger partial charge on any atom is 0.415 e. The fourth-order valence-electron chi connectivity index (χ4n) is 3.65. The molecule has 1 aromatic carbocycles. The van der Waals surface area contributed by atoms with E-state index in [1.165, 1.54) is 12.8 Å². The van der Waals surface area contributed by atoms with Gasteiger partial charge in [-0.1, -0.05) is 17.7 Å². The third kappa shape index (κ3) is 8.77. The number of rotatable bonds is 11. The second kappa shape index (κ2) is 12.9. The summed E-state index contributed by atoms with van der Waals surface area (Å²) in [6.45, 7) is 6.64. The van der Waals surface area contributed by atoms with Crippen LogP contribution in [-0.4, -0.2) is 61.8 Å². The molecular weight excluding hydrogens is 388 g/mol. The van der Waals surface area contributed by atoms with Gasteiger partial charge in [0, 0.05) is 31.3 Å². The molecule has 1 saturated carbocycles. The number of nitrogens with zero attached hydrogens (tertiary/aromatic N) is 2. The summed E-state index contributed by atoms with van der Waals surface area (Å²) in [5.41, 5.74) is 0. The number of halogens is 1. The molecule has 1 fully saturated rings. The van der Waals surface area contributed by atoms with E-state index in [1.807, 2.05) is 13.1 Å². The fraction of sp³-hybridized carbons (Fsp3) is 0.609. The van der Waals surface area contributed by atoms with Crippen molar-refractivity contribution in [1.82, 2.24) is 9.80 Å². The van der Waals surface area contributed by atoms with Gasteiger partial charge in [0.2, 0.25) is 0 Å². The molecule has 162 valence electrons. The van der Waals surface area contributed by atoms with Crippen LogP contribution in [0.3, 0.4) is 0 Å². The van der Waals surface area contributed by atoms with Crippen LogP contribution in [0, 0.1) is 0 Å². The lowest BCUT2D eigenvalue weighted by Gasteiger charge is -2.34. The van der Waals surface area contributed by atoms with Gasteiger partial charge in [-0.3, -0.25) is 0 Å². The molecule has 0 bridgehead atoms. The Morgan fingerprint density at radius 3 is 2.48 bits per heavy atom. The van der Waals surface area contributed by atoms with Gasteiger partial charge in [-0.25, -0.2) is 4.79 Å². The molecule has 1 aliphatic carbocycles. The van der Waals surface area contributed by atoms with E-state index in [-0.39, 0.29) is 12.1 Å². The third-order valence-electron chi connectivity index (χ3n) is 5.48. The summed E-state index contributed by atoms with van der Waals surface area (Å²) in [6.07, 6.45) is 9.30. The average Bonchev–Trinajstić information content (AvgIpc) is 2.72. The topological polar surface area (TPSA) is 42.0 Å².